The van der Waals surface area contributed by atoms with Gasteiger partial charge < -0.3 is 16.4 Å². The van der Waals surface area contributed by atoms with Gasteiger partial charge in [-0.2, -0.15) is 0 Å². The van der Waals surface area contributed by atoms with Gasteiger partial charge in [-0.1, -0.05) is 19.1 Å². The van der Waals surface area contributed by atoms with E-state index in [1.54, 1.807) is 0 Å². The van der Waals surface area contributed by atoms with Crippen molar-refractivity contribution < 1.29 is 4.79 Å². The van der Waals surface area contributed by atoms with E-state index in [1.807, 2.05) is 45.0 Å². The van der Waals surface area contributed by atoms with Crippen molar-refractivity contribution in [3.63, 3.8) is 0 Å². The van der Waals surface area contributed by atoms with Gasteiger partial charge in [0.2, 0.25) is 5.91 Å². The molecule has 1 aromatic rings. The molecule has 0 saturated heterocycles. The van der Waals surface area contributed by atoms with E-state index < -0.39 is 0 Å². The SMILES string of the molecule is CCCC(=O)Nc1cccc(CN=C(N)NC(C)C)c1.I. The van der Waals surface area contributed by atoms with Crippen LogP contribution in [0.5, 0.6) is 0 Å². The second-order valence-electron chi connectivity index (χ2n) is 5.00. The molecule has 0 unspecified atom stereocenters. The molecule has 0 spiro atoms. The second-order valence-corrected chi connectivity index (χ2v) is 5.00. The zero-order valence-corrected chi connectivity index (χ0v) is 15.2. The van der Waals surface area contributed by atoms with Crippen molar-refractivity contribution in [1.82, 2.24) is 5.32 Å². The third-order valence-electron chi connectivity index (χ3n) is 2.56. The van der Waals surface area contributed by atoms with Gasteiger partial charge in [0.15, 0.2) is 5.96 Å². The molecular weight excluding hydrogens is 379 g/mol. The molecule has 0 fully saturated rings. The molecule has 118 valence electrons. The molecule has 0 aliphatic rings. The molecular formula is C15H25IN4O. The smallest absolute Gasteiger partial charge is 0.224 e. The lowest BCUT2D eigenvalue weighted by Crippen LogP contribution is -2.36. The summed E-state index contributed by atoms with van der Waals surface area (Å²) in [5.41, 5.74) is 7.55. The van der Waals surface area contributed by atoms with Crippen LogP contribution in [0.2, 0.25) is 0 Å². The summed E-state index contributed by atoms with van der Waals surface area (Å²) < 4.78 is 0. The Hall–Kier alpha value is -1.31. The molecule has 1 rings (SSSR count). The number of nitrogens with zero attached hydrogens (tertiary/aromatic N) is 1. The zero-order valence-electron chi connectivity index (χ0n) is 12.8. The Morgan fingerprint density at radius 1 is 1.38 bits per heavy atom. The Labute approximate surface area is 143 Å². The van der Waals surface area contributed by atoms with Crippen molar-refractivity contribution in [3.8, 4) is 0 Å². The minimum atomic E-state index is 0. The Morgan fingerprint density at radius 2 is 2.10 bits per heavy atom. The summed E-state index contributed by atoms with van der Waals surface area (Å²) in [4.78, 5) is 15.8. The molecule has 0 aliphatic carbocycles. The lowest BCUT2D eigenvalue weighted by Gasteiger charge is -2.09. The predicted molar refractivity (Wildman–Crippen MR) is 99.0 cm³/mol. The number of amides is 1. The van der Waals surface area contributed by atoms with E-state index in [-0.39, 0.29) is 35.9 Å². The molecule has 0 atom stereocenters. The van der Waals surface area contributed by atoms with Gasteiger partial charge in [0.25, 0.3) is 0 Å². The van der Waals surface area contributed by atoms with E-state index in [2.05, 4.69) is 15.6 Å². The fourth-order valence-electron chi connectivity index (χ4n) is 1.72. The van der Waals surface area contributed by atoms with Gasteiger partial charge in [0, 0.05) is 18.2 Å². The fraction of sp³-hybridized carbons (Fsp3) is 0.467. The molecule has 21 heavy (non-hydrogen) atoms. The number of anilines is 1. The number of nitrogens with one attached hydrogen (secondary N) is 2. The summed E-state index contributed by atoms with van der Waals surface area (Å²) in [6.45, 7) is 6.48. The number of benzene rings is 1. The highest BCUT2D eigenvalue weighted by atomic mass is 127. The van der Waals surface area contributed by atoms with Crippen LogP contribution in [0, 0.1) is 0 Å². The summed E-state index contributed by atoms with van der Waals surface area (Å²) in [7, 11) is 0. The molecule has 0 heterocycles. The van der Waals surface area contributed by atoms with Gasteiger partial charge in [0.05, 0.1) is 6.54 Å². The molecule has 5 nitrogen and oxygen atoms in total. The van der Waals surface area contributed by atoms with E-state index in [4.69, 9.17) is 5.73 Å². The number of rotatable bonds is 6. The summed E-state index contributed by atoms with van der Waals surface area (Å²) in [5.74, 6) is 0.467. The Kier molecular flexibility index (Phi) is 9.77. The molecule has 0 aliphatic heterocycles. The maximum absolute atomic E-state index is 11.5. The number of carbonyl (C=O) groups excluding carboxylic acids is 1. The van der Waals surface area contributed by atoms with Gasteiger partial charge in [-0.3, -0.25) is 4.79 Å². The number of carbonyl (C=O) groups is 1. The molecule has 0 aromatic heterocycles. The third kappa shape index (κ3) is 8.54. The Bertz CT molecular complexity index is 474. The molecule has 4 N–H and O–H groups in total. The van der Waals surface area contributed by atoms with Crippen molar-refractivity contribution in [2.75, 3.05) is 5.32 Å². The van der Waals surface area contributed by atoms with Gasteiger partial charge in [-0.05, 0) is 38.0 Å². The number of hydrogen-bond acceptors (Lipinski definition) is 2. The van der Waals surface area contributed by atoms with Gasteiger partial charge in [-0.15, -0.1) is 24.0 Å². The van der Waals surface area contributed by atoms with Gasteiger partial charge in [-0.25, -0.2) is 4.99 Å². The highest BCUT2D eigenvalue weighted by Gasteiger charge is 2.02. The average Bonchev–Trinajstić information content (AvgIpc) is 2.36. The van der Waals surface area contributed by atoms with E-state index in [0.29, 0.717) is 18.9 Å². The van der Waals surface area contributed by atoms with Crippen LogP contribution >= 0.6 is 24.0 Å². The molecule has 0 radical (unpaired) electrons. The predicted octanol–water partition coefficient (Wildman–Crippen LogP) is 2.86. The molecule has 6 heteroatoms. The summed E-state index contributed by atoms with van der Waals surface area (Å²) in [6.07, 6.45) is 1.38. The van der Waals surface area contributed by atoms with Crippen molar-refractivity contribution >= 4 is 41.5 Å². The Balaban J connectivity index is 0.00000400. The van der Waals surface area contributed by atoms with Crippen LogP contribution in [-0.2, 0) is 11.3 Å². The first kappa shape index (κ1) is 19.7. The first-order chi connectivity index (χ1) is 9.51. The largest absolute Gasteiger partial charge is 0.370 e. The highest BCUT2D eigenvalue weighted by Crippen LogP contribution is 2.12. The number of halogens is 1. The van der Waals surface area contributed by atoms with Crippen LogP contribution in [0.25, 0.3) is 0 Å². The molecule has 1 aromatic carbocycles. The van der Waals surface area contributed by atoms with Crippen molar-refractivity contribution in [2.45, 2.75) is 46.2 Å². The first-order valence-electron chi connectivity index (χ1n) is 6.96. The summed E-state index contributed by atoms with van der Waals surface area (Å²) in [5, 5.41) is 5.90. The normalized spacial score (nSPS) is 11.0. The lowest BCUT2D eigenvalue weighted by molar-refractivity contribution is -0.116. The number of hydrogen-bond donors (Lipinski definition) is 3. The minimum Gasteiger partial charge on any atom is -0.370 e. The highest BCUT2D eigenvalue weighted by molar-refractivity contribution is 14.0. The van der Waals surface area contributed by atoms with Crippen molar-refractivity contribution in [1.29, 1.82) is 0 Å². The Morgan fingerprint density at radius 3 is 2.71 bits per heavy atom. The average molecular weight is 404 g/mol. The quantitative estimate of drug-likeness (QED) is 0.388. The van der Waals surface area contributed by atoms with Crippen LogP contribution < -0.4 is 16.4 Å². The lowest BCUT2D eigenvalue weighted by atomic mass is 10.2. The standard InChI is InChI=1S/C15H24N4O.HI/c1-4-6-14(20)19-13-8-5-7-12(9-13)10-17-15(16)18-11(2)3;/h5,7-9,11H,4,6,10H2,1-3H3,(H,19,20)(H3,16,17,18);1H. The second kappa shape index (κ2) is 10.4. The zero-order chi connectivity index (χ0) is 15.0. The van der Waals surface area contributed by atoms with Crippen LogP contribution in [0.3, 0.4) is 0 Å². The number of guanidine groups is 1. The number of aliphatic imine (C=N–C) groups is 1. The molecule has 1 amide bonds. The maximum atomic E-state index is 11.5. The van der Waals surface area contributed by atoms with Gasteiger partial charge >= 0.3 is 0 Å². The van der Waals surface area contributed by atoms with Crippen LogP contribution in [-0.4, -0.2) is 17.9 Å². The molecule has 0 saturated carbocycles. The van der Waals surface area contributed by atoms with Crippen LogP contribution in [0.1, 0.15) is 39.2 Å². The summed E-state index contributed by atoms with van der Waals surface area (Å²) >= 11 is 0. The van der Waals surface area contributed by atoms with E-state index in [1.165, 1.54) is 0 Å². The van der Waals surface area contributed by atoms with Gasteiger partial charge in [0.1, 0.15) is 0 Å². The topological polar surface area (TPSA) is 79.5 Å². The number of nitrogens with two attached hydrogens (primary N) is 1. The van der Waals surface area contributed by atoms with E-state index >= 15 is 0 Å². The van der Waals surface area contributed by atoms with Crippen LogP contribution in [0.4, 0.5) is 5.69 Å². The van der Waals surface area contributed by atoms with E-state index in [0.717, 1.165) is 17.7 Å². The minimum absolute atomic E-state index is 0. The van der Waals surface area contributed by atoms with E-state index in [9.17, 15) is 4.79 Å². The fourth-order valence-corrected chi connectivity index (χ4v) is 1.72. The molecule has 0 bridgehead atoms. The first-order valence-corrected chi connectivity index (χ1v) is 6.96. The third-order valence-corrected chi connectivity index (χ3v) is 2.56. The maximum Gasteiger partial charge on any atom is 0.224 e. The van der Waals surface area contributed by atoms with Crippen molar-refractivity contribution in [3.05, 3.63) is 29.8 Å². The summed E-state index contributed by atoms with van der Waals surface area (Å²) in [6, 6.07) is 7.91. The van der Waals surface area contributed by atoms with Crippen LogP contribution in [0.15, 0.2) is 29.3 Å². The van der Waals surface area contributed by atoms with Crippen molar-refractivity contribution in [2.24, 2.45) is 10.7 Å². The monoisotopic (exact) mass is 404 g/mol.